The zero-order valence-corrected chi connectivity index (χ0v) is 16.3. The van der Waals surface area contributed by atoms with Crippen LogP contribution >= 0.6 is 0 Å². The summed E-state index contributed by atoms with van der Waals surface area (Å²) in [4.78, 5) is 12.0. The van der Waals surface area contributed by atoms with E-state index in [1.165, 1.54) is 16.1 Å². The summed E-state index contributed by atoms with van der Waals surface area (Å²) in [5, 5.41) is 2.87. The Hall–Kier alpha value is -2.34. The number of hydrogen-bond donors (Lipinski definition) is 1. The number of rotatable bonds is 8. The van der Waals surface area contributed by atoms with Crippen molar-refractivity contribution in [3.05, 3.63) is 65.2 Å². The van der Waals surface area contributed by atoms with Crippen molar-refractivity contribution in [2.24, 2.45) is 0 Å². The van der Waals surface area contributed by atoms with Gasteiger partial charge < -0.3 is 5.32 Å². The van der Waals surface area contributed by atoms with Gasteiger partial charge in [-0.2, -0.15) is 0 Å². The number of nitrogens with one attached hydrogen (secondary N) is 1. The van der Waals surface area contributed by atoms with Crippen molar-refractivity contribution in [1.82, 2.24) is 5.32 Å². The van der Waals surface area contributed by atoms with Gasteiger partial charge in [-0.3, -0.25) is 9.10 Å². The first-order valence-corrected chi connectivity index (χ1v) is 10.5. The minimum absolute atomic E-state index is 0.0803. The van der Waals surface area contributed by atoms with Crippen LogP contribution in [0.1, 0.15) is 29.5 Å². The topological polar surface area (TPSA) is 66.5 Å². The number of amides is 1. The van der Waals surface area contributed by atoms with Crippen LogP contribution in [0.5, 0.6) is 0 Å². The van der Waals surface area contributed by atoms with Crippen molar-refractivity contribution in [2.75, 3.05) is 17.1 Å². The van der Waals surface area contributed by atoms with E-state index in [9.17, 15) is 13.2 Å². The van der Waals surface area contributed by atoms with E-state index in [0.29, 0.717) is 18.7 Å². The summed E-state index contributed by atoms with van der Waals surface area (Å²) in [7, 11) is -3.39. The lowest BCUT2D eigenvalue weighted by atomic mass is 10.1. The summed E-state index contributed by atoms with van der Waals surface area (Å²) in [5.74, 6) is -0.0803. The van der Waals surface area contributed by atoms with Gasteiger partial charge in [0.2, 0.25) is 15.9 Å². The highest BCUT2D eigenvalue weighted by molar-refractivity contribution is 7.92. The van der Waals surface area contributed by atoms with E-state index in [4.69, 9.17) is 0 Å². The second-order valence-corrected chi connectivity index (χ2v) is 8.45. The highest BCUT2D eigenvalue weighted by atomic mass is 32.2. The van der Waals surface area contributed by atoms with Crippen molar-refractivity contribution >= 4 is 21.6 Å². The first kappa shape index (κ1) is 20.0. The van der Waals surface area contributed by atoms with Gasteiger partial charge in [0.05, 0.1) is 11.9 Å². The molecule has 1 N–H and O–H groups in total. The molecule has 140 valence electrons. The maximum atomic E-state index is 12.1. The Morgan fingerprint density at radius 3 is 2.35 bits per heavy atom. The molecule has 2 aromatic carbocycles. The number of anilines is 1. The third kappa shape index (κ3) is 6.19. The van der Waals surface area contributed by atoms with Gasteiger partial charge in [0.15, 0.2) is 0 Å². The molecule has 0 saturated heterocycles. The molecule has 2 rings (SSSR count). The second kappa shape index (κ2) is 8.85. The number of hydrogen-bond acceptors (Lipinski definition) is 3. The molecule has 6 heteroatoms. The smallest absolute Gasteiger partial charge is 0.232 e. The van der Waals surface area contributed by atoms with Crippen LogP contribution in [0.2, 0.25) is 0 Å². The van der Waals surface area contributed by atoms with Crippen molar-refractivity contribution in [3.63, 3.8) is 0 Å². The maximum absolute atomic E-state index is 12.1. The molecular weight excluding hydrogens is 348 g/mol. The van der Waals surface area contributed by atoms with Gasteiger partial charge in [-0.1, -0.05) is 42.0 Å². The van der Waals surface area contributed by atoms with Crippen LogP contribution in [0.3, 0.4) is 0 Å². The van der Waals surface area contributed by atoms with E-state index >= 15 is 0 Å². The lowest BCUT2D eigenvalue weighted by Gasteiger charge is -2.22. The molecule has 0 fully saturated rings. The van der Waals surface area contributed by atoms with Crippen LogP contribution < -0.4 is 9.62 Å². The van der Waals surface area contributed by atoms with E-state index < -0.39 is 10.0 Å². The van der Waals surface area contributed by atoms with Gasteiger partial charge in [0, 0.05) is 19.5 Å². The van der Waals surface area contributed by atoms with Gasteiger partial charge >= 0.3 is 0 Å². The van der Waals surface area contributed by atoms with Crippen LogP contribution in [-0.4, -0.2) is 27.1 Å². The summed E-state index contributed by atoms with van der Waals surface area (Å²) in [6.45, 7) is 4.69. The molecule has 0 atom stereocenters. The molecular formula is C20H26N2O3S. The first-order valence-electron chi connectivity index (χ1n) is 8.62. The third-order valence-electron chi connectivity index (χ3n) is 4.07. The molecule has 26 heavy (non-hydrogen) atoms. The average molecular weight is 375 g/mol. The number of carbonyl (C=O) groups excluding carboxylic acids is 1. The van der Waals surface area contributed by atoms with Gasteiger partial charge in [-0.15, -0.1) is 0 Å². The lowest BCUT2D eigenvalue weighted by molar-refractivity contribution is -0.121. The molecule has 0 aliphatic heterocycles. The molecule has 0 bridgehead atoms. The second-order valence-electron chi connectivity index (χ2n) is 6.54. The highest BCUT2D eigenvalue weighted by Crippen LogP contribution is 2.19. The molecule has 0 aliphatic rings. The summed E-state index contributed by atoms with van der Waals surface area (Å²) in [5.41, 5.74) is 3.85. The van der Waals surface area contributed by atoms with Crippen LogP contribution in [-0.2, 0) is 21.4 Å². The Balaban J connectivity index is 1.87. The van der Waals surface area contributed by atoms with Crippen molar-refractivity contribution in [2.45, 2.75) is 33.2 Å². The van der Waals surface area contributed by atoms with Gasteiger partial charge in [0.1, 0.15) is 0 Å². The Labute approximate surface area is 156 Å². The molecule has 0 aliphatic carbocycles. The quantitative estimate of drug-likeness (QED) is 0.772. The summed E-state index contributed by atoms with van der Waals surface area (Å²) in [6.07, 6.45) is 1.93. The standard InChI is InChI=1S/C20H26N2O3S/c1-16-9-11-18(12-10-16)15-21-20(23)8-5-13-22(26(3,24)25)19-7-4-6-17(2)14-19/h4,6-7,9-12,14H,5,8,13,15H2,1-3H3,(H,21,23). The maximum Gasteiger partial charge on any atom is 0.232 e. The molecule has 0 saturated carbocycles. The minimum atomic E-state index is -3.39. The SMILES string of the molecule is Cc1ccc(CNC(=O)CCCN(c2cccc(C)c2)S(C)(=O)=O)cc1. The number of aryl methyl sites for hydroxylation is 2. The molecule has 0 heterocycles. The molecule has 0 unspecified atom stereocenters. The van der Waals surface area contributed by atoms with E-state index in [1.54, 1.807) is 6.07 Å². The van der Waals surface area contributed by atoms with E-state index in [0.717, 1.165) is 11.1 Å². The number of nitrogens with zero attached hydrogens (tertiary/aromatic N) is 1. The van der Waals surface area contributed by atoms with Crippen molar-refractivity contribution in [1.29, 1.82) is 0 Å². The fourth-order valence-corrected chi connectivity index (χ4v) is 3.60. The fourth-order valence-electron chi connectivity index (χ4n) is 2.65. The van der Waals surface area contributed by atoms with E-state index in [1.807, 2.05) is 56.3 Å². The molecule has 5 nitrogen and oxygen atoms in total. The molecule has 0 spiro atoms. The number of benzene rings is 2. The van der Waals surface area contributed by atoms with Crippen LogP contribution in [0.15, 0.2) is 48.5 Å². The zero-order valence-electron chi connectivity index (χ0n) is 15.5. The Kier molecular flexibility index (Phi) is 6.80. The first-order chi connectivity index (χ1) is 12.3. The Bertz CT molecular complexity index is 846. The average Bonchev–Trinajstić information content (AvgIpc) is 2.57. The van der Waals surface area contributed by atoms with E-state index in [2.05, 4.69) is 5.32 Å². The van der Waals surface area contributed by atoms with Gasteiger partial charge in [-0.25, -0.2) is 8.42 Å². The Morgan fingerprint density at radius 1 is 1.04 bits per heavy atom. The third-order valence-corrected chi connectivity index (χ3v) is 5.26. The zero-order chi connectivity index (χ0) is 19.2. The Morgan fingerprint density at radius 2 is 1.73 bits per heavy atom. The minimum Gasteiger partial charge on any atom is -0.352 e. The number of sulfonamides is 1. The fraction of sp³-hybridized carbons (Fsp3) is 0.350. The van der Waals surface area contributed by atoms with Crippen LogP contribution in [0.4, 0.5) is 5.69 Å². The van der Waals surface area contributed by atoms with Crippen LogP contribution in [0.25, 0.3) is 0 Å². The van der Waals surface area contributed by atoms with Crippen molar-refractivity contribution in [3.8, 4) is 0 Å². The normalized spacial score (nSPS) is 11.2. The summed E-state index contributed by atoms with van der Waals surface area (Å²) in [6, 6.07) is 15.3. The van der Waals surface area contributed by atoms with E-state index in [-0.39, 0.29) is 18.9 Å². The van der Waals surface area contributed by atoms with Gasteiger partial charge in [-0.05, 0) is 43.5 Å². The predicted molar refractivity (Wildman–Crippen MR) is 106 cm³/mol. The lowest BCUT2D eigenvalue weighted by Crippen LogP contribution is -2.32. The van der Waals surface area contributed by atoms with Crippen molar-refractivity contribution < 1.29 is 13.2 Å². The monoisotopic (exact) mass is 374 g/mol. The molecule has 0 aromatic heterocycles. The predicted octanol–water partition coefficient (Wildman–Crippen LogP) is 3.17. The largest absolute Gasteiger partial charge is 0.352 e. The van der Waals surface area contributed by atoms with Crippen LogP contribution in [0, 0.1) is 13.8 Å². The molecule has 0 radical (unpaired) electrons. The highest BCUT2D eigenvalue weighted by Gasteiger charge is 2.17. The summed E-state index contributed by atoms with van der Waals surface area (Å²) < 4.78 is 25.5. The van der Waals surface area contributed by atoms with Gasteiger partial charge in [0.25, 0.3) is 0 Å². The summed E-state index contributed by atoms with van der Waals surface area (Å²) >= 11 is 0. The molecule has 2 aromatic rings. The molecule has 1 amide bonds. The number of carbonyl (C=O) groups is 1.